The SMILES string of the molecule is Nc1ccc2nc(Cc3cccc(Br)c3)cn2c1. The Bertz CT molecular complexity index is 703. The molecule has 0 spiro atoms. The molecule has 18 heavy (non-hydrogen) atoms. The molecule has 0 bridgehead atoms. The van der Waals surface area contributed by atoms with E-state index in [0.29, 0.717) is 0 Å². The van der Waals surface area contributed by atoms with Crippen molar-refractivity contribution in [2.75, 3.05) is 5.73 Å². The lowest BCUT2D eigenvalue weighted by Crippen LogP contribution is -1.88. The van der Waals surface area contributed by atoms with Crippen LogP contribution in [-0.2, 0) is 6.42 Å². The Morgan fingerprint density at radius 3 is 2.89 bits per heavy atom. The fourth-order valence-corrected chi connectivity index (χ4v) is 2.45. The quantitative estimate of drug-likeness (QED) is 0.789. The highest BCUT2D eigenvalue weighted by molar-refractivity contribution is 9.10. The Morgan fingerprint density at radius 2 is 2.06 bits per heavy atom. The monoisotopic (exact) mass is 301 g/mol. The Morgan fingerprint density at radius 1 is 1.17 bits per heavy atom. The van der Waals surface area contributed by atoms with Crippen LogP contribution in [0.4, 0.5) is 5.69 Å². The van der Waals surface area contributed by atoms with E-state index in [9.17, 15) is 0 Å². The number of aromatic nitrogens is 2. The van der Waals surface area contributed by atoms with E-state index in [1.807, 2.05) is 41.1 Å². The van der Waals surface area contributed by atoms with Crippen molar-refractivity contribution >= 4 is 27.3 Å². The number of nitrogens with two attached hydrogens (primary N) is 1. The van der Waals surface area contributed by atoms with Gasteiger partial charge in [-0.2, -0.15) is 0 Å². The van der Waals surface area contributed by atoms with Gasteiger partial charge >= 0.3 is 0 Å². The van der Waals surface area contributed by atoms with Gasteiger partial charge in [-0.15, -0.1) is 0 Å². The van der Waals surface area contributed by atoms with Gasteiger partial charge in [-0.3, -0.25) is 0 Å². The number of nitrogens with zero attached hydrogens (tertiary/aromatic N) is 2. The summed E-state index contributed by atoms with van der Waals surface area (Å²) in [6.45, 7) is 0. The van der Waals surface area contributed by atoms with E-state index in [4.69, 9.17) is 5.73 Å². The topological polar surface area (TPSA) is 43.3 Å². The van der Waals surface area contributed by atoms with Gasteiger partial charge in [0.05, 0.1) is 5.69 Å². The van der Waals surface area contributed by atoms with Crippen LogP contribution in [0.5, 0.6) is 0 Å². The zero-order chi connectivity index (χ0) is 12.5. The second kappa shape index (κ2) is 4.46. The van der Waals surface area contributed by atoms with E-state index < -0.39 is 0 Å². The number of hydrogen-bond acceptors (Lipinski definition) is 2. The fraction of sp³-hybridized carbons (Fsp3) is 0.0714. The molecule has 0 amide bonds. The summed E-state index contributed by atoms with van der Waals surface area (Å²) < 4.78 is 3.05. The number of fused-ring (bicyclic) bond motifs is 1. The molecule has 3 nitrogen and oxygen atoms in total. The number of nitrogen functional groups attached to an aromatic ring is 1. The van der Waals surface area contributed by atoms with Gasteiger partial charge in [-0.1, -0.05) is 28.1 Å². The molecule has 4 heteroatoms. The maximum atomic E-state index is 5.75. The lowest BCUT2D eigenvalue weighted by Gasteiger charge is -1.98. The second-order valence-electron chi connectivity index (χ2n) is 4.27. The Balaban J connectivity index is 1.95. The van der Waals surface area contributed by atoms with E-state index in [-0.39, 0.29) is 0 Å². The molecule has 0 aliphatic heterocycles. The first-order valence-corrected chi connectivity index (χ1v) is 6.47. The van der Waals surface area contributed by atoms with E-state index >= 15 is 0 Å². The Kier molecular flexibility index (Phi) is 2.80. The third-order valence-corrected chi connectivity index (χ3v) is 3.29. The summed E-state index contributed by atoms with van der Waals surface area (Å²) in [6.07, 6.45) is 4.72. The molecule has 0 atom stereocenters. The first-order chi connectivity index (χ1) is 8.70. The van der Waals surface area contributed by atoms with Crippen LogP contribution < -0.4 is 5.73 Å². The van der Waals surface area contributed by atoms with Crippen molar-refractivity contribution < 1.29 is 0 Å². The molecule has 0 radical (unpaired) electrons. The molecule has 3 rings (SSSR count). The number of halogens is 1. The maximum absolute atomic E-state index is 5.75. The summed E-state index contributed by atoms with van der Waals surface area (Å²) in [4.78, 5) is 4.57. The van der Waals surface area contributed by atoms with Crippen molar-refractivity contribution in [1.82, 2.24) is 9.38 Å². The van der Waals surface area contributed by atoms with Gasteiger partial charge in [0, 0.05) is 29.0 Å². The van der Waals surface area contributed by atoms with Crippen LogP contribution in [0.2, 0.25) is 0 Å². The molecule has 90 valence electrons. The second-order valence-corrected chi connectivity index (χ2v) is 5.18. The molecule has 0 saturated carbocycles. The minimum Gasteiger partial charge on any atom is -0.398 e. The minimum absolute atomic E-state index is 0.744. The molecule has 2 heterocycles. The molecule has 2 N–H and O–H groups in total. The van der Waals surface area contributed by atoms with Crippen LogP contribution in [0, 0.1) is 0 Å². The Labute approximate surface area is 113 Å². The van der Waals surface area contributed by atoms with Crippen molar-refractivity contribution in [1.29, 1.82) is 0 Å². The number of anilines is 1. The highest BCUT2D eigenvalue weighted by Gasteiger charge is 2.03. The number of imidazole rings is 1. The van der Waals surface area contributed by atoms with Gasteiger partial charge in [0.1, 0.15) is 5.65 Å². The van der Waals surface area contributed by atoms with Crippen molar-refractivity contribution in [3.8, 4) is 0 Å². The summed E-state index contributed by atoms with van der Waals surface area (Å²) >= 11 is 3.48. The van der Waals surface area contributed by atoms with E-state index in [1.165, 1.54) is 5.56 Å². The van der Waals surface area contributed by atoms with Gasteiger partial charge in [0.15, 0.2) is 0 Å². The van der Waals surface area contributed by atoms with Crippen molar-refractivity contribution in [2.45, 2.75) is 6.42 Å². The minimum atomic E-state index is 0.744. The van der Waals surface area contributed by atoms with Crippen molar-refractivity contribution in [3.63, 3.8) is 0 Å². The molecule has 0 fully saturated rings. The number of rotatable bonds is 2. The Hall–Kier alpha value is -1.81. The molecule has 2 aromatic heterocycles. The van der Waals surface area contributed by atoms with Gasteiger partial charge in [-0.05, 0) is 29.8 Å². The van der Waals surface area contributed by atoms with Gasteiger partial charge in [0.2, 0.25) is 0 Å². The van der Waals surface area contributed by atoms with Crippen LogP contribution in [0.15, 0.2) is 53.3 Å². The summed E-state index contributed by atoms with van der Waals surface area (Å²) in [5.74, 6) is 0. The summed E-state index contributed by atoms with van der Waals surface area (Å²) in [5.41, 5.74) is 9.70. The normalized spacial score (nSPS) is 10.9. The van der Waals surface area contributed by atoms with Gasteiger partial charge in [0.25, 0.3) is 0 Å². The molecule has 0 aliphatic carbocycles. The third-order valence-electron chi connectivity index (χ3n) is 2.80. The van der Waals surface area contributed by atoms with E-state index in [2.05, 4.69) is 33.0 Å². The average Bonchev–Trinajstić information content (AvgIpc) is 2.70. The lowest BCUT2D eigenvalue weighted by molar-refractivity contribution is 1.11. The fourth-order valence-electron chi connectivity index (χ4n) is 2.00. The number of benzene rings is 1. The zero-order valence-corrected chi connectivity index (χ0v) is 11.3. The van der Waals surface area contributed by atoms with Gasteiger partial charge in [-0.25, -0.2) is 4.98 Å². The first kappa shape index (κ1) is 11.3. The predicted molar refractivity (Wildman–Crippen MR) is 76.6 cm³/mol. The van der Waals surface area contributed by atoms with Gasteiger partial charge < -0.3 is 10.1 Å². The molecular weight excluding hydrogens is 290 g/mol. The lowest BCUT2D eigenvalue weighted by atomic mass is 10.1. The molecular formula is C14H12BrN3. The van der Waals surface area contributed by atoms with Crippen molar-refractivity contribution in [2.24, 2.45) is 0 Å². The third kappa shape index (κ3) is 2.24. The van der Waals surface area contributed by atoms with Crippen LogP contribution in [0.25, 0.3) is 5.65 Å². The van der Waals surface area contributed by atoms with Crippen LogP contribution in [0.3, 0.4) is 0 Å². The standard InChI is InChI=1S/C14H12BrN3/c15-11-3-1-2-10(6-11)7-13-9-18-8-12(16)4-5-14(18)17-13/h1-6,8-9H,7,16H2. The van der Waals surface area contributed by atoms with E-state index in [1.54, 1.807) is 0 Å². The van der Waals surface area contributed by atoms with Crippen LogP contribution in [0.1, 0.15) is 11.3 Å². The highest BCUT2D eigenvalue weighted by atomic mass is 79.9. The molecule has 3 aromatic rings. The van der Waals surface area contributed by atoms with Crippen molar-refractivity contribution in [3.05, 3.63) is 64.5 Å². The molecule has 0 unspecified atom stereocenters. The summed E-state index contributed by atoms with van der Waals surface area (Å²) in [6, 6.07) is 12.1. The number of pyridine rings is 1. The smallest absolute Gasteiger partial charge is 0.137 e. The predicted octanol–water partition coefficient (Wildman–Crippen LogP) is 3.27. The van der Waals surface area contributed by atoms with Crippen LogP contribution >= 0.6 is 15.9 Å². The van der Waals surface area contributed by atoms with Crippen LogP contribution in [-0.4, -0.2) is 9.38 Å². The summed E-state index contributed by atoms with van der Waals surface area (Å²) in [5, 5.41) is 0. The molecule has 0 aliphatic rings. The first-order valence-electron chi connectivity index (χ1n) is 5.68. The number of hydrogen-bond donors (Lipinski definition) is 1. The highest BCUT2D eigenvalue weighted by Crippen LogP contribution is 2.16. The summed E-state index contributed by atoms with van der Waals surface area (Å²) in [7, 11) is 0. The largest absolute Gasteiger partial charge is 0.398 e. The maximum Gasteiger partial charge on any atom is 0.137 e. The molecule has 0 saturated heterocycles. The van der Waals surface area contributed by atoms with E-state index in [0.717, 1.165) is 27.9 Å². The average molecular weight is 302 g/mol. The molecule has 1 aromatic carbocycles. The zero-order valence-electron chi connectivity index (χ0n) is 9.68.